The molecule has 0 aliphatic heterocycles. The molecule has 40 heavy (non-hydrogen) atoms. The van der Waals surface area contributed by atoms with E-state index in [1.54, 1.807) is 0 Å². The minimum atomic E-state index is 0.615. The first-order chi connectivity index (χ1) is 19.8. The minimum Gasteiger partial charge on any atom is -0.454 e. The molecule has 0 aliphatic rings. The summed E-state index contributed by atoms with van der Waals surface area (Å²) < 4.78 is 11.0. The van der Waals surface area contributed by atoms with Crippen molar-refractivity contribution in [1.29, 1.82) is 0 Å². The van der Waals surface area contributed by atoms with E-state index < -0.39 is 0 Å². The van der Waals surface area contributed by atoms with Crippen LogP contribution in [0.3, 0.4) is 0 Å². The first-order valence-corrected chi connectivity index (χ1v) is 13.8. The maximum absolute atomic E-state index is 6.67. The molecule has 9 aromatic rings. The number of para-hydroxylation sites is 4. The lowest BCUT2D eigenvalue weighted by Gasteiger charge is -2.11. The zero-order valence-electron chi connectivity index (χ0n) is 21.3. The lowest BCUT2D eigenvalue weighted by molar-refractivity contribution is 0.669. The topological polar surface area (TPSA) is 23.0 Å². The molecule has 3 heterocycles. The predicted molar refractivity (Wildman–Crippen MR) is 167 cm³/mol. The summed E-state index contributed by atoms with van der Waals surface area (Å²) >= 11 is 6.67. The van der Waals surface area contributed by atoms with E-state index in [9.17, 15) is 0 Å². The Kier molecular flexibility index (Phi) is 4.38. The monoisotopic (exact) mass is 532 g/mol. The normalized spacial score (nSPS) is 12.1. The lowest BCUT2D eigenvalue weighted by atomic mass is 10.1. The van der Waals surface area contributed by atoms with E-state index in [0.29, 0.717) is 10.6 Å². The van der Waals surface area contributed by atoms with Crippen LogP contribution in [0.15, 0.2) is 132 Å². The maximum atomic E-state index is 6.67. The van der Waals surface area contributed by atoms with Crippen molar-refractivity contribution >= 4 is 77.2 Å². The molecule has 4 heteroatoms. The molecule has 9 rings (SSSR count). The van der Waals surface area contributed by atoms with Crippen LogP contribution in [-0.2, 0) is 0 Å². The highest BCUT2D eigenvalue weighted by atomic mass is 35.5. The van der Waals surface area contributed by atoms with Crippen molar-refractivity contribution < 1.29 is 4.42 Å². The molecule has 0 N–H and O–H groups in total. The third-order valence-electron chi connectivity index (χ3n) is 8.19. The van der Waals surface area contributed by atoms with Gasteiger partial charge in [-0.25, -0.2) is 0 Å². The van der Waals surface area contributed by atoms with E-state index in [2.05, 4.69) is 112 Å². The van der Waals surface area contributed by atoms with Gasteiger partial charge >= 0.3 is 0 Å². The molecule has 0 spiro atoms. The van der Waals surface area contributed by atoms with E-state index in [-0.39, 0.29) is 0 Å². The number of hydrogen-bond acceptors (Lipinski definition) is 1. The third kappa shape index (κ3) is 2.85. The van der Waals surface area contributed by atoms with Gasteiger partial charge in [-0.3, -0.25) is 0 Å². The van der Waals surface area contributed by atoms with Crippen molar-refractivity contribution in [2.75, 3.05) is 0 Å². The summed E-state index contributed by atoms with van der Waals surface area (Å²) in [6, 6.07) is 44.9. The Bertz CT molecular complexity index is 2400. The molecule has 3 aromatic heterocycles. The van der Waals surface area contributed by atoms with E-state index in [1.165, 1.54) is 32.6 Å². The van der Waals surface area contributed by atoms with Crippen LogP contribution in [0.5, 0.6) is 0 Å². The Hall–Kier alpha value is -4.99. The van der Waals surface area contributed by atoms with Crippen LogP contribution in [0.2, 0.25) is 5.02 Å². The van der Waals surface area contributed by atoms with E-state index >= 15 is 0 Å². The van der Waals surface area contributed by atoms with E-state index in [0.717, 1.165) is 38.8 Å². The molecule has 0 saturated heterocycles. The van der Waals surface area contributed by atoms with Gasteiger partial charge in [0, 0.05) is 32.6 Å². The molecule has 0 atom stereocenters. The van der Waals surface area contributed by atoms with Crippen LogP contribution in [0.1, 0.15) is 0 Å². The average Bonchev–Trinajstić information content (AvgIpc) is 3.66. The van der Waals surface area contributed by atoms with Gasteiger partial charge in [0.25, 0.3) is 0 Å². The predicted octanol–water partition coefficient (Wildman–Crippen LogP) is 10.4. The molecule has 0 unspecified atom stereocenters. The number of rotatable bonds is 2. The maximum Gasteiger partial charge on any atom is 0.156 e. The van der Waals surface area contributed by atoms with Gasteiger partial charge in [0.15, 0.2) is 5.58 Å². The molecule has 0 bridgehead atoms. The Morgan fingerprint density at radius 2 is 1.02 bits per heavy atom. The molecule has 0 fully saturated rings. The highest BCUT2D eigenvalue weighted by molar-refractivity contribution is 6.36. The Morgan fingerprint density at radius 1 is 0.475 bits per heavy atom. The highest BCUT2D eigenvalue weighted by Gasteiger charge is 2.20. The summed E-state index contributed by atoms with van der Waals surface area (Å²) in [5, 5.41) is 7.62. The number of halogens is 1. The quantitative estimate of drug-likeness (QED) is 0.217. The van der Waals surface area contributed by atoms with Gasteiger partial charge in [-0.05, 0) is 54.6 Å². The summed E-state index contributed by atoms with van der Waals surface area (Å²) in [6.07, 6.45) is 0. The first-order valence-electron chi connectivity index (χ1n) is 13.4. The van der Waals surface area contributed by atoms with Crippen molar-refractivity contribution in [3.63, 3.8) is 0 Å². The Labute approximate surface area is 234 Å². The Morgan fingerprint density at radius 3 is 1.73 bits per heavy atom. The Balaban J connectivity index is 1.40. The second-order valence-electron chi connectivity index (χ2n) is 10.3. The van der Waals surface area contributed by atoms with Crippen LogP contribution in [0.25, 0.3) is 76.9 Å². The van der Waals surface area contributed by atoms with Gasteiger partial charge in [-0.15, -0.1) is 0 Å². The van der Waals surface area contributed by atoms with E-state index in [1.807, 2.05) is 24.3 Å². The van der Waals surface area contributed by atoms with Crippen molar-refractivity contribution in [3.05, 3.63) is 132 Å². The lowest BCUT2D eigenvalue weighted by Crippen LogP contribution is -1.96. The summed E-state index contributed by atoms with van der Waals surface area (Å²) in [5.74, 6) is 0. The van der Waals surface area contributed by atoms with Gasteiger partial charge in [0.05, 0.1) is 38.2 Å². The fourth-order valence-corrected chi connectivity index (χ4v) is 6.72. The van der Waals surface area contributed by atoms with Gasteiger partial charge in [0.1, 0.15) is 5.58 Å². The van der Waals surface area contributed by atoms with Gasteiger partial charge in [-0.1, -0.05) is 84.4 Å². The van der Waals surface area contributed by atoms with E-state index in [4.69, 9.17) is 16.0 Å². The van der Waals surface area contributed by atoms with Gasteiger partial charge < -0.3 is 13.6 Å². The molecule has 0 saturated carbocycles. The second kappa shape index (κ2) is 8.01. The van der Waals surface area contributed by atoms with Crippen LogP contribution in [0.4, 0.5) is 0 Å². The largest absolute Gasteiger partial charge is 0.454 e. The molecule has 3 nitrogen and oxygen atoms in total. The van der Waals surface area contributed by atoms with Crippen molar-refractivity contribution in [3.8, 4) is 11.4 Å². The number of aromatic nitrogens is 2. The van der Waals surface area contributed by atoms with Gasteiger partial charge in [-0.2, -0.15) is 0 Å². The summed E-state index contributed by atoms with van der Waals surface area (Å²) in [7, 11) is 0. The fourth-order valence-electron chi connectivity index (χ4n) is 6.53. The second-order valence-corrected chi connectivity index (χ2v) is 10.7. The van der Waals surface area contributed by atoms with Crippen LogP contribution in [0, 0.1) is 0 Å². The fraction of sp³-hybridized carbons (Fsp3) is 0. The minimum absolute atomic E-state index is 0.615. The molecular formula is C36H21ClN2O. The van der Waals surface area contributed by atoms with Crippen molar-refractivity contribution in [2.24, 2.45) is 0 Å². The smallest absolute Gasteiger partial charge is 0.156 e. The number of benzene rings is 6. The van der Waals surface area contributed by atoms with Crippen LogP contribution >= 0.6 is 11.6 Å². The van der Waals surface area contributed by atoms with Crippen LogP contribution < -0.4 is 0 Å². The summed E-state index contributed by atoms with van der Waals surface area (Å²) in [6.45, 7) is 0. The number of furan rings is 1. The summed E-state index contributed by atoms with van der Waals surface area (Å²) in [4.78, 5) is 0. The van der Waals surface area contributed by atoms with Crippen molar-refractivity contribution in [1.82, 2.24) is 9.13 Å². The SMILES string of the molecule is Clc1ccc(-n2c3ccccc3c3cc(-n4c5ccccc5c5ccccc54)ccc32)c2c1oc1ccccc12. The molecule has 6 aromatic carbocycles. The summed E-state index contributed by atoms with van der Waals surface area (Å²) in [5.41, 5.74) is 8.44. The standard InChI is InChI=1S/C36H21ClN2O/c37-28-18-20-33(35-26-12-4-8-16-34(26)40-36(28)35)39-31-15-7-3-11-25(31)27-21-22(17-19-32(27)39)38-29-13-5-1-9-23(29)24-10-2-6-14-30(24)38/h1-21H. The zero-order chi connectivity index (χ0) is 26.4. The molecular weight excluding hydrogens is 512 g/mol. The molecule has 0 aliphatic carbocycles. The highest BCUT2D eigenvalue weighted by Crippen LogP contribution is 2.42. The molecule has 0 amide bonds. The number of nitrogens with zero attached hydrogens (tertiary/aromatic N) is 2. The first kappa shape index (κ1) is 21.9. The third-order valence-corrected chi connectivity index (χ3v) is 8.49. The van der Waals surface area contributed by atoms with Crippen LogP contribution in [-0.4, -0.2) is 9.13 Å². The van der Waals surface area contributed by atoms with Gasteiger partial charge in [0.2, 0.25) is 0 Å². The number of hydrogen-bond donors (Lipinski definition) is 0. The average molecular weight is 533 g/mol. The molecule has 188 valence electrons. The van der Waals surface area contributed by atoms with Crippen molar-refractivity contribution in [2.45, 2.75) is 0 Å². The zero-order valence-corrected chi connectivity index (χ0v) is 22.1. The number of fused-ring (bicyclic) bond motifs is 9. The molecule has 0 radical (unpaired) electrons.